The highest BCUT2D eigenvalue weighted by Crippen LogP contribution is 2.33. The van der Waals surface area contributed by atoms with Gasteiger partial charge in [0.25, 0.3) is 5.69 Å². The fourth-order valence-corrected chi connectivity index (χ4v) is 3.83. The van der Waals surface area contributed by atoms with Crippen molar-refractivity contribution in [3.63, 3.8) is 0 Å². The van der Waals surface area contributed by atoms with Crippen LogP contribution in [0.25, 0.3) is 0 Å². The number of carboxylic acids is 1. The van der Waals surface area contributed by atoms with Gasteiger partial charge in [-0.15, -0.1) is 11.8 Å². The van der Waals surface area contributed by atoms with Crippen molar-refractivity contribution in [2.75, 3.05) is 5.75 Å². The lowest BCUT2D eigenvalue weighted by molar-refractivity contribution is -0.387. The van der Waals surface area contributed by atoms with Gasteiger partial charge in [-0.3, -0.25) is 19.7 Å². The topological polar surface area (TPSA) is 153 Å². The van der Waals surface area contributed by atoms with Crippen LogP contribution in [0.15, 0.2) is 23.1 Å². The second-order valence-corrected chi connectivity index (χ2v) is 7.73. The molecule has 27 heavy (non-hydrogen) atoms. The monoisotopic (exact) mass is 395 g/mol. The quantitative estimate of drug-likeness (QED) is 0.362. The van der Waals surface area contributed by atoms with Crippen LogP contribution in [-0.2, 0) is 9.59 Å². The molecule has 1 aromatic rings. The summed E-state index contributed by atoms with van der Waals surface area (Å²) in [6.07, 6.45) is 2.13. The van der Waals surface area contributed by atoms with Crippen LogP contribution in [0.2, 0.25) is 0 Å². The van der Waals surface area contributed by atoms with Gasteiger partial charge in [0.05, 0.1) is 15.6 Å². The van der Waals surface area contributed by atoms with Gasteiger partial charge < -0.3 is 16.2 Å². The SMILES string of the molecule is CC1CCC(NC(=O)CSc2ccc(C(N)=O)cc2[N+](=O)[O-])(C(=O)O)CC1. The zero-order chi connectivity index (χ0) is 20.2. The summed E-state index contributed by atoms with van der Waals surface area (Å²) in [5, 5.41) is 23.3. The predicted octanol–water partition coefficient (Wildman–Crippen LogP) is 1.94. The number of nitro groups is 1. The molecule has 0 aliphatic heterocycles. The number of benzene rings is 1. The highest BCUT2D eigenvalue weighted by atomic mass is 32.2. The van der Waals surface area contributed by atoms with Crippen LogP contribution in [-0.4, -0.2) is 39.1 Å². The standard InChI is InChI=1S/C17H21N3O6S/c1-10-4-6-17(7-5-10,16(23)24)19-14(21)9-27-13-3-2-11(15(18)22)8-12(13)20(25)26/h2-3,8,10H,4-7,9H2,1H3,(H2,18,22)(H,19,21)(H,23,24). The molecule has 146 valence electrons. The molecule has 0 unspecified atom stereocenters. The first-order valence-electron chi connectivity index (χ1n) is 8.40. The third-order valence-electron chi connectivity index (χ3n) is 4.71. The van der Waals surface area contributed by atoms with E-state index in [2.05, 4.69) is 5.32 Å². The van der Waals surface area contributed by atoms with E-state index < -0.39 is 28.2 Å². The van der Waals surface area contributed by atoms with E-state index in [1.807, 2.05) is 6.92 Å². The molecule has 0 bridgehead atoms. The maximum Gasteiger partial charge on any atom is 0.329 e. The van der Waals surface area contributed by atoms with Crippen molar-refractivity contribution in [2.45, 2.75) is 43.0 Å². The lowest BCUT2D eigenvalue weighted by Gasteiger charge is -2.36. The number of carbonyl (C=O) groups is 3. The van der Waals surface area contributed by atoms with Crippen LogP contribution in [0, 0.1) is 16.0 Å². The van der Waals surface area contributed by atoms with Gasteiger partial charge in [-0.1, -0.05) is 6.92 Å². The van der Waals surface area contributed by atoms with E-state index in [9.17, 15) is 29.6 Å². The molecule has 9 nitrogen and oxygen atoms in total. The molecule has 0 radical (unpaired) electrons. The minimum atomic E-state index is -1.29. The molecule has 1 aliphatic carbocycles. The van der Waals surface area contributed by atoms with Crippen molar-refractivity contribution in [1.82, 2.24) is 5.32 Å². The number of rotatable bonds is 7. The molecule has 0 spiro atoms. The van der Waals surface area contributed by atoms with Gasteiger partial charge in [-0.25, -0.2) is 4.79 Å². The zero-order valence-corrected chi connectivity index (χ0v) is 15.6. The van der Waals surface area contributed by atoms with E-state index in [0.29, 0.717) is 31.6 Å². The van der Waals surface area contributed by atoms with Gasteiger partial charge in [0, 0.05) is 11.6 Å². The summed E-state index contributed by atoms with van der Waals surface area (Å²) in [5.41, 5.74) is 3.50. The second-order valence-electron chi connectivity index (χ2n) is 6.71. The van der Waals surface area contributed by atoms with Gasteiger partial charge >= 0.3 is 5.97 Å². The Hall–Kier alpha value is -2.62. The van der Waals surface area contributed by atoms with Crippen LogP contribution in [0.4, 0.5) is 5.69 Å². The van der Waals surface area contributed by atoms with Crippen LogP contribution in [0.5, 0.6) is 0 Å². The molecule has 1 aliphatic rings. The van der Waals surface area contributed by atoms with Crippen LogP contribution >= 0.6 is 11.8 Å². The smallest absolute Gasteiger partial charge is 0.329 e. The largest absolute Gasteiger partial charge is 0.480 e. The normalized spacial score (nSPS) is 22.0. The molecule has 1 saturated carbocycles. The number of nitrogens with one attached hydrogen (secondary N) is 1. The van der Waals surface area contributed by atoms with Crippen molar-refractivity contribution in [2.24, 2.45) is 11.7 Å². The first kappa shape index (κ1) is 20.7. The lowest BCUT2D eigenvalue weighted by atomic mass is 9.77. The van der Waals surface area contributed by atoms with Crippen molar-refractivity contribution in [3.8, 4) is 0 Å². The van der Waals surface area contributed by atoms with E-state index >= 15 is 0 Å². The number of aliphatic carboxylic acids is 1. The Morgan fingerprint density at radius 2 is 2.00 bits per heavy atom. The summed E-state index contributed by atoms with van der Waals surface area (Å²) in [6, 6.07) is 3.76. The minimum absolute atomic E-state index is 0.00310. The molecule has 4 N–H and O–H groups in total. The van der Waals surface area contributed by atoms with Gasteiger partial charge in [-0.2, -0.15) is 0 Å². The average Bonchev–Trinajstić information content (AvgIpc) is 2.61. The molecule has 2 rings (SSSR count). The van der Waals surface area contributed by atoms with E-state index in [0.717, 1.165) is 17.8 Å². The summed E-state index contributed by atoms with van der Waals surface area (Å²) < 4.78 is 0. The summed E-state index contributed by atoms with van der Waals surface area (Å²) in [6.45, 7) is 2.04. The number of primary amides is 1. The Bertz CT molecular complexity index is 774. The molecular weight excluding hydrogens is 374 g/mol. The van der Waals surface area contributed by atoms with E-state index in [4.69, 9.17) is 5.73 Å². The highest BCUT2D eigenvalue weighted by Gasteiger charge is 2.42. The number of nitro benzene ring substituents is 1. The van der Waals surface area contributed by atoms with Gasteiger partial charge in [0.2, 0.25) is 11.8 Å². The molecule has 2 amide bonds. The summed E-state index contributed by atoms with van der Waals surface area (Å²) >= 11 is 0.905. The first-order valence-corrected chi connectivity index (χ1v) is 9.38. The average molecular weight is 395 g/mol. The molecule has 0 saturated heterocycles. The van der Waals surface area contributed by atoms with Gasteiger partial charge in [0.15, 0.2) is 0 Å². The maximum atomic E-state index is 12.3. The van der Waals surface area contributed by atoms with E-state index in [1.165, 1.54) is 12.1 Å². The van der Waals surface area contributed by atoms with Crippen LogP contribution in [0.1, 0.15) is 43.0 Å². The number of hydrogen-bond acceptors (Lipinski definition) is 6. The van der Waals surface area contributed by atoms with Crippen molar-refractivity contribution in [3.05, 3.63) is 33.9 Å². The van der Waals surface area contributed by atoms with Crippen molar-refractivity contribution in [1.29, 1.82) is 0 Å². The van der Waals surface area contributed by atoms with E-state index in [1.54, 1.807) is 0 Å². The Morgan fingerprint density at radius 1 is 1.37 bits per heavy atom. The predicted molar refractivity (Wildman–Crippen MR) is 98.5 cm³/mol. The van der Waals surface area contributed by atoms with Crippen LogP contribution in [0.3, 0.4) is 0 Å². The zero-order valence-electron chi connectivity index (χ0n) is 14.8. The van der Waals surface area contributed by atoms with Gasteiger partial charge in [-0.05, 0) is 43.7 Å². The number of nitrogens with zero attached hydrogens (tertiary/aromatic N) is 1. The summed E-state index contributed by atoms with van der Waals surface area (Å²) in [5.74, 6) is -2.13. The lowest BCUT2D eigenvalue weighted by Crippen LogP contribution is -2.56. The fraction of sp³-hybridized carbons (Fsp3) is 0.471. The molecule has 0 aromatic heterocycles. The van der Waals surface area contributed by atoms with Crippen LogP contribution < -0.4 is 11.1 Å². The highest BCUT2D eigenvalue weighted by molar-refractivity contribution is 8.00. The summed E-state index contributed by atoms with van der Waals surface area (Å²) in [4.78, 5) is 45.9. The number of carbonyl (C=O) groups excluding carboxylic acids is 2. The molecule has 0 atom stereocenters. The Morgan fingerprint density at radius 3 is 2.52 bits per heavy atom. The molecule has 0 heterocycles. The molecular formula is C17H21N3O6S. The molecule has 1 fully saturated rings. The fourth-order valence-electron chi connectivity index (χ4n) is 3.03. The second kappa shape index (κ2) is 8.38. The number of carboxylic acid groups (broad SMARTS) is 1. The Kier molecular flexibility index (Phi) is 6.42. The van der Waals surface area contributed by atoms with Crippen molar-refractivity contribution >= 4 is 35.2 Å². The van der Waals surface area contributed by atoms with E-state index in [-0.39, 0.29) is 21.9 Å². The molecule has 1 aromatic carbocycles. The number of thioether (sulfide) groups is 1. The minimum Gasteiger partial charge on any atom is -0.480 e. The number of hydrogen-bond donors (Lipinski definition) is 3. The Balaban J connectivity index is 2.07. The molecule has 10 heteroatoms. The summed E-state index contributed by atoms with van der Waals surface area (Å²) in [7, 11) is 0. The van der Waals surface area contributed by atoms with Crippen molar-refractivity contribution < 1.29 is 24.4 Å². The third kappa shape index (κ3) is 4.97. The maximum absolute atomic E-state index is 12.3. The first-order chi connectivity index (χ1) is 12.6. The Labute approximate surface area is 159 Å². The van der Waals surface area contributed by atoms with Gasteiger partial charge in [0.1, 0.15) is 5.54 Å². The number of nitrogens with two attached hydrogens (primary N) is 1. The number of amides is 2. The third-order valence-corrected chi connectivity index (χ3v) is 5.78.